The molecule has 3 aliphatic rings. The van der Waals surface area contributed by atoms with Gasteiger partial charge in [-0.25, -0.2) is 0 Å². The van der Waals surface area contributed by atoms with Gasteiger partial charge >= 0.3 is 0 Å². The normalized spacial score (nSPS) is 22.1. The maximum absolute atomic E-state index is 12.5. The van der Waals surface area contributed by atoms with Gasteiger partial charge in [0.25, 0.3) is 0 Å². The maximum atomic E-state index is 12.5. The predicted molar refractivity (Wildman–Crippen MR) is 100 cm³/mol. The molecule has 3 fully saturated rings. The van der Waals surface area contributed by atoms with Crippen molar-refractivity contribution in [3.63, 3.8) is 0 Å². The Labute approximate surface area is 150 Å². The van der Waals surface area contributed by atoms with E-state index in [1.54, 1.807) is 0 Å². The number of nitrogens with one attached hydrogen (secondary N) is 1. The van der Waals surface area contributed by atoms with E-state index in [9.17, 15) is 4.79 Å². The van der Waals surface area contributed by atoms with Crippen LogP contribution in [0.2, 0.25) is 0 Å². The lowest BCUT2D eigenvalue weighted by atomic mass is 10.1. The monoisotopic (exact) mass is 343 g/mol. The number of hydrogen-bond donors (Lipinski definition) is 1. The fourth-order valence-corrected chi connectivity index (χ4v) is 3.80. The molecule has 1 aliphatic heterocycles. The fraction of sp³-hybridized carbons (Fsp3) is 0.650. The summed E-state index contributed by atoms with van der Waals surface area (Å²) in [5.41, 5.74) is 2.08. The Bertz CT molecular complexity index is 589. The third-order valence-corrected chi connectivity index (χ3v) is 5.70. The van der Waals surface area contributed by atoms with Crippen LogP contribution in [0, 0.1) is 5.92 Å². The average molecular weight is 343 g/mol. The highest BCUT2D eigenvalue weighted by molar-refractivity contribution is 5.92. The Kier molecular flexibility index (Phi) is 4.95. The van der Waals surface area contributed by atoms with Crippen molar-refractivity contribution in [1.29, 1.82) is 0 Å². The van der Waals surface area contributed by atoms with Gasteiger partial charge in [-0.2, -0.15) is 0 Å². The molecule has 1 heterocycles. The van der Waals surface area contributed by atoms with E-state index < -0.39 is 0 Å². The molecule has 2 saturated carbocycles. The van der Waals surface area contributed by atoms with Gasteiger partial charge < -0.3 is 15.0 Å². The molecule has 0 radical (unpaired) electrons. The Balaban J connectivity index is 1.32. The van der Waals surface area contributed by atoms with Gasteiger partial charge in [-0.1, -0.05) is 0 Å². The quantitative estimate of drug-likeness (QED) is 0.827. The summed E-state index contributed by atoms with van der Waals surface area (Å²) in [6, 6.07) is 9.37. The number of nitrogens with zero attached hydrogens (tertiary/aromatic N) is 2. The molecule has 1 amide bonds. The van der Waals surface area contributed by atoms with E-state index >= 15 is 0 Å². The lowest BCUT2D eigenvalue weighted by Gasteiger charge is -2.29. The number of carbonyl (C=O) groups is 1. The number of morpholine rings is 1. The van der Waals surface area contributed by atoms with Gasteiger partial charge in [0.2, 0.25) is 5.91 Å². The molecule has 25 heavy (non-hydrogen) atoms. The standard InChI is InChI=1S/C20H29N3O2/c1-15(16-2-3-16)23(19-8-9-19)14-20(24)21-17-4-6-18(7-5-17)22-10-12-25-13-11-22/h4-7,15-16,19H,2-3,8-14H2,1H3,(H,21,24). The first-order chi connectivity index (χ1) is 12.2. The summed E-state index contributed by atoms with van der Waals surface area (Å²) >= 11 is 0. The van der Waals surface area contributed by atoms with Crippen LogP contribution in [0.25, 0.3) is 0 Å². The van der Waals surface area contributed by atoms with Gasteiger partial charge in [-0.3, -0.25) is 9.69 Å². The number of ether oxygens (including phenoxy) is 1. The molecule has 0 bridgehead atoms. The first-order valence-electron chi connectivity index (χ1n) is 9.69. The van der Waals surface area contributed by atoms with E-state index in [4.69, 9.17) is 4.74 Å². The van der Waals surface area contributed by atoms with Crippen molar-refractivity contribution < 1.29 is 9.53 Å². The number of hydrogen-bond acceptors (Lipinski definition) is 4. The molecular weight excluding hydrogens is 314 g/mol. The third-order valence-electron chi connectivity index (χ3n) is 5.70. The van der Waals surface area contributed by atoms with E-state index in [1.807, 2.05) is 12.1 Å². The van der Waals surface area contributed by atoms with Crippen molar-refractivity contribution >= 4 is 17.3 Å². The molecule has 0 aromatic heterocycles. The van der Waals surface area contributed by atoms with Crippen LogP contribution in [0.1, 0.15) is 32.6 Å². The molecule has 1 aromatic rings. The first-order valence-corrected chi connectivity index (χ1v) is 9.69. The molecule has 0 spiro atoms. The summed E-state index contributed by atoms with van der Waals surface area (Å²) in [6.45, 7) is 6.25. The zero-order chi connectivity index (χ0) is 17.2. The minimum atomic E-state index is 0.110. The summed E-state index contributed by atoms with van der Waals surface area (Å²) in [7, 11) is 0. The molecule has 2 aliphatic carbocycles. The topological polar surface area (TPSA) is 44.8 Å². The van der Waals surface area contributed by atoms with E-state index in [0.29, 0.717) is 18.6 Å². The van der Waals surface area contributed by atoms with Gasteiger partial charge in [-0.15, -0.1) is 0 Å². The van der Waals surface area contributed by atoms with Crippen molar-refractivity contribution in [1.82, 2.24) is 4.90 Å². The van der Waals surface area contributed by atoms with Gasteiger partial charge in [0, 0.05) is 36.5 Å². The molecule has 1 unspecified atom stereocenters. The molecular formula is C20H29N3O2. The van der Waals surface area contributed by atoms with Gasteiger partial charge in [-0.05, 0) is 62.8 Å². The van der Waals surface area contributed by atoms with Crippen molar-refractivity contribution in [2.45, 2.75) is 44.7 Å². The van der Waals surface area contributed by atoms with Crippen LogP contribution in [0.4, 0.5) is 11.4 Å². The first kappa shape index (κ1) is 16.9. The summed E-state index contributed by atoms with van der Waals surface area (Å²) in [6.07, 6.45) is 5.15. The summed E-state index contributed by atoms with van der Waals surface area (Å²) in [4.78, 5) is 17.3. The predicted octanol–water partition coefficient (Wildman–Crippen LogP) is 2.72. The van der Waals surface area contributed by atoms with Crippen LogP contribution in [-0.2, 0) is 9.53 Å². The third kappa shape index (κ3) is 4.33. The number of amides is 1. The Morgan fingerprint density at radius 2 is 1.88 bits per heavy atom. The minimum absolute atomic E-state index is 0.110. The molecule has 136 valence electrons. The van der Waals surface area contributed by atoms with E-state index in [-0.39, 0.29) is 5.91 Å². The number of benzene rings is 1. The lowest BCUT2D eigenvalue weighted by molar-refractivity contribution is -0.118. The average Bonchev–Trinajstić information content (AvgIpc) is 3.53. The van der Waals surface area contributed by atoms with Crippen LogP contribution in [0.5, 0.6) is 0 Å². The smallest absolute Gasteiger partial charge is 0.238 e. The van der Waals surface area contributed by atoms with Crippen LogP contribution in [0.15, 0.2) is 24.3 Å². The molecule has 5 heteroatoms. The largest absolute Gasteiger partial charge is 0.378 e. The zero-order valence-electron chi connectivity index (χ0n) is 15.1. The van der Waals surface area contributed by atoms with Crippen LogP contribution in [0.3, 0.4) is 0 Å². The lowest BCUT2D eigenvalue weighted by Crippen LogP contribution is -2.42. The molecule has 1 atom stereocenters. The highest BCUT2D eigenvalue weighted by atomic mass is 16.5. The highest BCUT2D eigenvalue weighted by Gasteiger charge is 2.39. The number of anilines is 2. The molecule has 4 rings (SSSR count). The summed E-state index contributed by atoms with van der Waals surface area (Å²) in [5.74, 6) is 0.916. The van der Waals surface area contributed by atoms with E-state index in [1.165, 1.54) is 31.4 Å². The van der Waals surface area contributed by atoms with Crippen LogP contribution >= 0.6 is 0 Å². The van der Waals surface area contributed by atoms with Crippen molar-refractivity contribution in [3.8, 4) is 0 Å². The summed E-state index contributed by atoms with van der Waals surface area (Å²) < 4.78 is 5.40. The van der Waals surface area contributed by atoms with Crippen LogP contribution in [-0.4, -0.2) is 55.7 Å². The molecule has 1 aromatic carbocycles. The van der Waals surface area contributed by atoms with Crippen molar-refractivity contribution in [2.75, 3.05) is 43.1 Å². The Morgan fingerprint density at radius 3 is 2.48 bits per heavy atom. The second-order valence-electron chi connectivity index (χ2n) is 7.68. The highest BCUT2D eigenvalue weighted by Crippen LogP contribution is 2.39. The molecule has 1 saturated heterocycles. The minimum Gasteiger partial charge on any atom is -0.378 e. The second kappa shape index (κ2) is 7.34. The van der Waals surface area contributed by atoms with E-state index in [2.05, 4.69) is 34.2 Å². The van der Waals surface area contributed by atoms with Crippen molar-refractivity contribution in [2.24, 2.45) is 5.92 Å². The zero-order valence-corrected chi connectivity index (χ0v) is 15.1. The maximum Gasteiger partial charge on any atom is 0.238 e. The van der Waals surface area contributed by atoms with Crippen molar-refractivity contribution in [3.05, 3.63) is 24.3 Å². The Morgan fingerprint density at radius 1 is 1.20 bits per heavy atom. The van der Waals surface area contributed by atoms with Crippen LogP contribution < -0.4 is 10.2 Å². The number of rotatable bonds is 7. The van der Waals surface area contributed by atoms with Gasteiger partial charge in [0.15, 0.2) is 0 Å². The molecule has 1 N–H and O–H groups in total. The fourth-order valence-electron chi connectivity index (χ4n) is 3.80. The SMILES string of the molecule is CC(C1CC1)N(CC(=O)Nc1ccc(N2CCOCC2)cc1)C1CC1. The number of carbonyl (C=O) groups excluding carboxylic acids is 1. The molecule has 5 nitrogen and oxygen atoms in total. The Hall–Kier alpha value is -1.59. The second-order valence-corrected chi connectivity index (χ2v) is 7.68. The van der Waals surface area contributed by atoms with Gasteiger partial charge in [0.05, 0.1) is 19.8 Å². The summed E-state index contributed by atoms with van der Waals surface area (Å²) in [5, 5.41) is 3.08. The van der Waals surface area contributed by atoms with E-state index in [0.717, 1.165) is 37.9 Å². The van der Waals surface area contributed by atoms with Gasteiger partial charge in [0.1, 0.15) is 0 Å².